The summed E-state index contributed by atoms with van der Waals surface area (Å²) < 4.78 is 67.5. The lowest BCUT2D eigenvalue weighted by Crippen LogP contribution is -2.29. The molecule has 2 saturated carbocycles. The second-order valence-electron chi connectivity index (χ2n) is 6.51. The second-order valence-corrected chi connectivity index (χ2v) is 6.51. The van der Waals surface area contributed by atoms with E-state index in [-0.39, 0.29) is 12.1 Å². The predicted molar refractivity (Wildman–Crippen MR) is 75.0 cm³/mol. The molecular weight excluding hydrogens is 347 g/mol. The highest BCUT2D eigenvalue weighted by Gasteiger charge is 2.81. The SMILES string of the molecule is O=C(NCC1C(F)(F)C12CCC2)c1nc(C(F)(F)F)n2ccncc12. The number of hydrogen-bond acceptors (Lipinski definition) is 3. The van der Waals surface area contributed by atoms with Crippen molar-refractivity contribution >= 4 is 11.4 Å². The first kappa shape index (κ1) is 16.2. The number of rotatable bonds is 3. The molecule has 2 fully saturated rings. The fourth-order valence-electron chi connectivity index (χ4n) is 3.74. The van der Waals surface area contributed by atoms with Gasteiger partial charge in [0.1, 0.15) is 0 Å². The van der Waals surface area contributed by atoms with Crippen LogP contribution in [-0.4, -0.2) is 32.7 Å². The zero-order valence-corrected chi connectivity index (χ0v) is 12.8. The monoisotopic (exact) mass is 360 g/mol. The van der Waals surface area contributed by atoms with Crippen molar-refractivity contribution in [3.05, 3.63) is 30.1 Å². The van der Waals surface area contributed by atoms with E-state index >= 15 is 0 Å². The number of amides is 1. The minimum absolute atomic E-state index is 0.131. The Bertz CT molecular complexity index is 855. The van der Waals surface area contributed by atoms with E-state index in [0.717, 1.165) is 25.0 Å². The highest BCUT2D eigenvalue weighted by molar-refractivity contribution is 5.99. The Balaban J connectivity index is 1.57. The lowest BCUT2D eigenvalue weighted by molar-refractivity contribution is -0.145. The summed E-state index contributed by atoms with van der Waals surface area (Å²) in [4.78, 5) is 19.3. The van der Waals surface area contributed by atoms with Gasteiger partial charge in [0.2, 0.25) is 5.82 Å². The van der Waals surface area contributed by atoms with Gasteiger partial charge >= 0.3 is 6.18 Å². The van der Waals surface area contributed by atoms with Gasteiger partial charge in [-0.05, 0) is 12.8 Å². The number of carbonyl (C=O) groups excluding carboxylic acids is 1. The Morgan fingerprint density at radius 1 is 1.36 bits per heavy atom. The molecule has 1 atom stereocenters. The van der Waals surface area contributed by atoms with Gasteiger partial charge in [-0.2, -0.15) is 13.2 Å². The number of nitrogens with one attached hydrogen (secondary N) is 1. The standard InChI is InChI=1S/C15H13F5N4O/c16-14(17)9(13(14)2-1-3-13)7-22-11(25)10-8-6-21-4-5-24(8)12(23-10)15(18,19)20/h4-6,9H,1-3,7H2,(H,22,25). The quantitative estimate of drug-likeness (QED) is 0.857. The average Bonchev–Trinajstić information content (AvgIpc) is 2.82. The Morgan fingerprint density at radius 2 is 2.08 bits per heavy atom. The van der Waals surface area contributed by atoms with E-state index in [9.17, 15) is 26.7 Å². The maximum absolute atomic E-state index is 13.8. The summed E-state index contributed by atoms with van der Waals surface area (Å²) in [6.07, 6.45) is 0.0498. The van der Waals surface area contributed by atoms with Crippen LogP contribution in [0.5, 0.6) is 0 Å². The zero-order chi connectivity index (χ0) is 18.0. The van der Waals surface area contributed by atoms with E-state index in [4.69, 9.17) is 0 Å². The summed E-state index contributed by atoms with van der Waals surface area (Å²) in [5, 5.41) is 2.31. The third-order valence-electron chi connectivity index (χ3n) is 5.31. The van der Waals surface area contributed by atoms with Crippen LogP contribution in [0.3, 0.4) is 0 Å². The number of alkyl halides is 5. The largest absolute Gasteiger partial charge is 0.450 e. The zero-order valence-electron chi connectivity index (χ0n) is 12.8. The average molecular weight is 360 g/mol. The molecule has 1 N–H and O–H groups in total. The third-order valence-corrected chi connectivity index (χ3v) is 5.31. The van der Waals surface area contributed by atoms with Crippen LogP contribution in [0, 0.1) is 11.3 Å². The van der Waals surface area contributed by atoms with E-state index in [0.29, 0.717) is 17.2 Å². The molecule has 1 unspecified atom stereocenters. The number of nitrogens with zero attached hydrogens (tertiary/aromatic N) is 3. The van der Waals surface area contributed by atoms with Crippen molar-refractivity contribution in [2.45, 2.75) is 31.4 Å². The summed E-state index contributed by atoms with van der Waals surface area (Å²) in [7, 11) is 0. The van der Waals surface area contributed by atoms with Gasteiger partial charge < -0.3 is 5.32 Å². The Hall–Kier alpha value is -2.26. The molecule has 10 heteroatoms. The first-order chi connectivity index (χ1) is 11.7. The van der Waals surface area contributed by atoms with E-state index < -0.39 is 40.9 Å². The molecule has 0 radical (unpaired) electrons. The predicted octanol–water partition coefficient (Wildman–Crippen LogP) is 2.91. The van der Waals surface area contributed by atoms with E-state index in [1.54, 1.807) is 0 Å². The van der Waals surface area contributed by atoms with E-state index in [1.807, 2.05) is 0 Å². The summed E-state index contributed by atoms with van der Waals surface area (Å²) in [5.41, 5.74) is -1.64. The van der Waals surface area contributed by atoms with Crippen LogP contribution in [0.25, 0.3) is 5.52 Å². The molecule has 0 saturated heterocycles. The summed E-state index contributed by atoms with van der Waals surface area (Å²) >= 11 is 0. The number of fused-ring (bicyclic) bond motifs is 1. The van der Waals surface area contributed by atoms with E-state index in [2.05, 4.69) is 15.3 Å². The highest BCUT2D eigenvalue weighted by Crippen LogP contribution is 2.75. The van der Waals surface area contributed by atoms with Crippen molar-refractivity contribution in [3.8, 4) is 0 Å². The van der Waals surface area contributed by atoms with Crippen LogP contribution in [-0.2, 0) is 6.18 Å². The van der Waals surface area contributed by atoms with Crippen molar-refractivity contribution in [2.24, 2.45) is 11.3 Å². The van der Waals surface area contributed by atoms with Crippen molar-refractivity contribution in [2.75, 3.05) is 6.54 Å². The topological polar surface area (TPSA) is 59.3 Å². The van der Waals surface area contributed by atoms with Crippen molar-refractivity contribution < 1.29 is 26.7 Å². The van der Waals surface area contributed by atoms with Crippen LogP contribution in [0.1, 0.15) is 35.6 Å². The number of imidazole rings is 1. The number of aromatic nitrogens is 3. The molecule has 0 aliphatic heterocycles. The van der Waals surface area contributed by atoms with Crippen molar-refractivity contribution in [3.63, 3.8) is 0 Å². The second kappa shape index (κ2) is 4.89. The highest BCUT2D eigenvalue weighted by atomic mass is 19.4. The van der Waals surface area contributed by atoms with Gasteiger partial charge in [0, 0.05) is 24.4 Å². The summed E-state index contributed by atoms with van der Waals surface area (Å²) in [5.74, 6) is -5.97. The Morgan fingerprint density at radius 3 is 2.64 bits per heavy atom. The molecule has 1 spiro atoms. The molecule has 2 aromatic rings. The van der Waals surface area contributed by atoms with Crippen LogP contribution in [0.2, 0.25) is 0 Å². The molecule has 25 heavy (non-hydrogen) atoms. The van der Waals surface area contributed by atoms with Gasteiger partial charge in [-0.25, -0.2) is 13.8 Å². The van der Waals surface area contributed by atoms with Crippen LogP contribution < -0.4 is 5.32 Å². The molecular formula is C15H13F5N4O. The molecule has 2 heterocycles. The van der Waals surface area contributed by atoms with Crippen LogP contribution in [0.4, 0.5) is 22.0 Å². The molecule has 134 valence electrons. The van der Waals surface area contributed by atoms with Gasteiger partial charge in [0.15, 0.2) is 5.69 Å². The van der Waals surface area contributed by atoms with Gasteiger partial charge in [-0.15, -0.1) is 0 Å². The van der Waals surface area contributed by atoms with Crippen molar-refractivity contribution in [1.29, 1.82) is 0 Å². The lowest BCUT2D eigenvalue weighted by atomic mass is 9.79. The molecule has 4 rings (SSSR count). The molecule has 5 nitrogen and oxygen atoms in total. The Kier molecular flexibility index (Phi) is 3.17. The third kappa shape index (κ3) is 2.15. The minimum atomic E-state index is -4.76. The molecule has 2 aliphatic carbocycles. The van der Waals surface area contributed by atoms with Gasteiger partial charge in [-0.3, -0.25) is 14.2 Å². The first-order valence-corrected chi connectivity index (χ1v) is 7.74. The Labute approximate surface area is 138 Å². The first-order valence-electron chi connectivity index (χ1n) is 7.74. The molecule has 2 aliphatic rings. The summed E-state index contributed by atoms with van der Waals surface area (Å²) in [6.45, 7) is -0.285. The number of carbonyl (C=O) groups is 1. The fourth-order valence-corrected chi connectivity index (χ4v) is 3.74. The van der Waals surface area contributed by atoms with Gasteiger partial charge in [0.25, 0.3) is 11.8 Å². The maximum atomic E-state index is 13.8. The fraction of sp³-hybridized carbons (Fsp3) is 0.533. The number of halogens is 5. The van der Waals surface area contributed by atoms with Crippen LogP contribution in [0.15, 0.2) is 18.6 Å². The molecule has 2 aromatic heterocycles. The normalized spacial score (nSPS) is 23.5. The molecule has 0 bridgehead atoms. The van der Waals surface area contributed by atoms with Gasteiger partial charge in [0.05, 0.1) is 17.6 Å². The van der Waals surface area contributed by atoms with E-state index in [1.165, 1.54) is 0 Å². The lowest BCUT2D eigenvalue weighted by Gasteiger charge is -2.26. The van der Waals surface area contributed by atoms with Crippen molar-refractivity contribution in [1.82, 2.24) is 19.7 Å². The molecule has 0 aromatic carbocycles. The van der Waals surface area contributed by atoms with Gasteiger partial charge in [-0.1, -0.05) is 6.42 Å². The summed E-state index contributed by atoms with van der Waals surface area (Å²) in [6, 6.07) is 0. The minimum Gasteiger partial charge on any atom is -0.350 e. The van der Waals surface area contributed by atoms with Crippen LogP contribution >= 0.6 is 0 Å². The molecule has 1 amide bonds. The maximum Gasteiger partial charge on any atom is 0.450 e. The number of hydrogen-bond donors (Lipinski definition) is 1. The smallest absolute Gasteiger partial charge is 0.350 e.